The number of ether oxygens (including phenoxy) is 2. The molecule has 1 amide bonds. The summed E-state index contributed by atoms with van der Waals surface area (Å²) in [5.74, 6) is 0.673. The minimum absolute atomic E-state index is 0.00213. The second kappa shape index (κ2) is 8.74. The van der Waals surface area contributed by atoms with Crippen molar-refractivity contribution in [2.24, 2.45) is 5.10 Å². The molecule has 7 heteroatoms. The number of carbonyl (C=O) groups excluding carboxylic acids is 1. The summed E-state index contributed by atoms with van der Waals surface area (Å²) in [4.78, 5) is 12.2. The van der Waals surface area contributed by atoms with E-state index < -0.39 is 0 Å². The molecule has 0 saturated carbocycles. The van der Waals surface area contributed by atoms with Gasteiger partial charge in [-0.3, -0.25) is 4.79 Å². The van der Waals surface area contributed by atoms with Gasteiger partial charge in [0.25, 0.3) is 5.91 Å². The molecule has 0 radical (unpaired) electrons. The van der Waals surface area contributed by atoms with Crippen molar-refractivity contribution < 1.29 is 14.3 Å². The summed E-state index contributed by atoms with van der Waals surface area (Å²) in [5.41, 5.74) is 3.48. The van der Waals surface area contributed by atoms with Crippen LogP contribution in [-0.4, -0.2) is 25.3 Å². The Morgan fingerprint density at radius 3 is 2.56 bits per heavy atom. The Labute approximate surface area is 156 Å². The summed E-state index contributed by atoms with van der Waals surface area (Å²) in [6, 6.07) is 9.92. The smallest absolute Gasteiger partial charge is 0.271 e. The highest BCUT2D eigenvalue weighted by Crippen LogP contribution is 2.29. The number of methoxy groups -OCH3 is 1. The first-order chi connectivity index (χ1) is 11.9. The van der Waals surface area contributed by atoms with E-state index in [0.717, 1.165) is 0 Å². The van der Waals surface area contributed by atoms with E-state index in [1.807, 2.05) is 13.8 Å². The molecule has 0 aliphatic heterocycles. The summed E-state index contributed by atoms with van der Waals surface area (Å²) in [6.45, 7) is 3.83. The van der Waals surface area contributed by atoms with Crippen molar-refractivity contribution in [3.63, 3.8) is 0 Å². The Bertz CT molecular complexity index is 792. The molecule has 0 aliphatic carbocycles. The maximum atomic E-state index is 12.2. The molecule has 0 aliphatic rings. The van der Waals surface area contributed by atoms with Crippen LogP contribution in [0.2, 0.25) is 10.0 Å². The van der Waals surface area contributed by atoms with Crippen molar-refractivity contribution in [3.8, 4) is 11.5 Å². The Kier molecular flexibility index (Phi) is 6.67. The van der Waals surface area contributed by atoms with E-state index in [0.29, 0.717) is 32.7 Å². The number of rotatable bonds is 6. The van der Waals surface area contributed by atoms with Crippen LogP contribution in [0.15, 0.2) is 41.5 Å². The van der Waals surface area contributed by atoms with E-state index in [4.69, 9.17) is 32.7 Å². The highest BCUT2D eigenvalue weighted by Gasteiger charge is 2.11. The number of nitrogens with one attached hydrogen (secondary N) is 1. The molecular formula is C18H18Cl2N2O3. The van der Waals surface area contributed by atoms with Crippen LogP contribution in [0.25, 0.3) is 0 Å². The molecule has 0 atom stereocenters. The molecule has 2 rings (SSSR count). The zero-order chi connectivity index (χ0) is 18.4. The lowest BCUT2D eigenvalue weighted by atomic mass is 10.2. The van der Waals surface area contributed by atoms with Gasteiger partial charge in [0.2, 0.25) is 0 Å². The fourth-order valence-electron chi connectivity index (χ4n) is 1.99. The van der Waals surface area contributed by atoms with Gasteiger partial charge < -0.3 is 9.47 Å². The predicted octanol–water partition coefficient (Wildman–Crippen LogP) is 4.55. The van der Waals surface area contributed by atoms with Crippen LogP contribution in [0, 0.1) is 0 Å². The van der Waals surface area contributed by atoms with Crippen LogP contribution in [-0.2, 0) is 0 Å². The van der Waals surface area contributed by atoms with Gasteiger partial charge in [-0.25, -0.2) is 5.43 Å². The average molecular weight is 381 g/mol. The molecule has 0 fully saturated rings. The molecule has 0 unspecified atom stereocenters. The molecule has 2 aromatic carbocycles. The van der Waals surface area contributed by atoms with Crippen LogP contribution in [0.4, 0.5) is 0 Å². The van der Waals surface area contributed by atoms with E-state index in [9.17, 15) is 4.79 Å². The fourth-order valence-corrected chi connectivity index (χ4v) is 2.45. The Balaban J connectivity index is 2.08. The zero-order valence-electron chi connectivity index (χ0n) is 14.0. The maximum absolute atomic E-state index is 12.2. The third kappa shape index (κ3) is 5.37. The molecule has 0 spiro atoms. The second-order valence-electron chi connectivity index (χ2n) is 5.40. The number of benzene rings is 2. The van der Waals surface area contributed by atoms with Crippen molar-refractivity contribution in [1.82, 2.24) is 5.43 Å². The Morgan fingerprint density at radius 2 is 1.92 bits per heavy atom. The van der Waals surface area contributed by atoms with E-state index in [1.54, 1.807) is 36.4 Å². The molecule has 5 nitrogen and oxygen atoms in total. The first kappa shape index (κ1) is 19.1. The van der Waals surface area contributed by atoms with Gasteiger partial charge in [0.05, 0.1) is 24.5 Å². The molecular weight excluding hydrogens is 363 g/mol. The van der Waals surface area contributed by atoms with Crippen molar-refractivity contribution in [2.75, 3.05) is 7.11 Å². The number of amides is 1. The first-order valence-corrected chi connectivity index (χ1v) is 8.29. The normalized spacial score (nSPS) is 11.0. The molecule has 2 aromatic rings. The number of nitrogens with zero attached hydrogens (tertiary/aromatic N) is 1. The quantitative estimate of drug-likeness (QED) is 0.590. The highest BCUT2D eigenvalue weighted by atomic mass is 35.5. The SMILES string of the molecule is COc1cc(C(=O)N/N=C/c2ccc(Cl)cc2Cl)ccc1OC(C)C. The van der Waals surface area contributed by atoms with Gasteiger partial charge in [-0.1, -0.05) is 29.3 Å². The zero-order valence-corrected chi connectivity index (χ0v) is 15.6. The van der Waals surface area contributed by atoms with Crippen LogP contribution in [0.3, 0.4) is 0 Å². The third-order valence-electron chi connectivity index (χ3n) is 3.12. The minimum Gasteiger partial charge on any atom is -0.493 e. The lowest BCUT2D eigenvalue weighted by molar-refractivity contribution is 0.0954. The monoisotopic (exact) mass is 380 g/mol. The van der Waals surface area contributed by atoms with Crippen molar-refractivity contribution in [1.29, 1.82) is 0 Å². The van der Waals surface area contributed by atoms with Gasteiger partial charge >= 0.3 is 0 Å². The number of hydrogen-bond acceptors (Lipinski definition) is 4. The van der Waals surface area contributed by atoms with Crippen LogP contribution in [0.1, 0.15) is 29.8 Å². The number of carbonyl (C=O) groups is 1. The van der Waals surface area contributed by atoms with E-state index in [1.165, 1.54) is 13.3 Å². The van der Waals surface area contributed by atoms with E-state index in [-0.39, 0.29) is 12.0 Å². The summed E-state index contributed by atoms with van der Waals surface area (Å²) >= 11 is 11.9. The lowest BCUT2D eigenvalue weighted by Gasteiger charge is -2.14. The molecule has 0 saturated heterocycles. The van der Waals surface area contributed by atoms with Crippen molar-refractivity contribution in [2.45, 2.75) is 20.0 Å². The molecule has 132 valence electrons. The van der Waals surface area contributed by atoms with Gasteiger partial charge in [-0.15, -0.1) is 0 Å². The third-order valence-corrected chi connectivity index (χ3v) is 3.68. The summed E-state index contributed by atoms with van der Waals surface area (Å²) in [7, 11) is 1.52. The summed E-state index contributed by atoms with van der Waals surface area (Å²) < 4.78 is 10.9. The van der Waals surface area contributed by atoms with Gasteiger partial charge in [0.15, 0.2) is 11.5 Å². The van der Waals surface area contributed by atoms with Crippen LogP contribution < -0.4 is 14.9 Å². The molecule has 0 aromatic heterocycles. The Hall–Kier alpha value is -2.24. The maximum Gasteiger partial charge on any atom is 0.271 e. The standard InChI is InChI=1S/C18H18Cl2N2O3/c1-11(2)25-16-7-5-12(8-17(16)24-3)18(23)22-21-10-13-4-6-14(19)9-15(13)20/h4-11H,1-3H3,(H,22,23)/b21-10+. The van der Waals surface area contributed by atoms with Gasteiger partial charge in [-0.05, 0) is 44.2 Å². The number of halogens is 2. The predicted molar refractivity (Wildman–Crippen MR) is 100 cm³/mol. The molecule has 0 heterocycles. The highest BCUT2D eigenvalue weighted by molar-refractivity contribution is 6.36. The average Bonchev–Trinajstić information content (AvgIpc) is 2.56. The van der Waals surface area contributed by atoms with Gasteiger partial charge in [0, 0.05) is 16.1 Å². The van der Waals surface area contributed by atoms with E-state index in [2.05, 4.69) is 10.5 Å². The van der Waals surface area contributed by atoms with Gasteiger partial charge in [0.1, 0.15) is 0 Å². The minimum atomic E-state index is -0.379. The molecule has 25 heavy (non-hydrogen) atoms. The van der Waals surface area contributed by atoms with Crippen molar-refractivity contribution >= 4 is 35.3 Å². The van der Waals surface area contributed by atoms with Crippen LogP contribution in [0.5, 0.6) is 11.5 Å². The Morgan fingerprint density at radius 1 is 1.16 bits per heavy atom. The number of hydrogen-bond donors (Lipinski definition) is 1. The largest absolute Gasteiger partial charge is 0.493 e. The van der Waals surface area contributed by atoms with Gasteiger partial charge in [-0.2, -0.15) is 5.10 Å². The summed E-state index contributed by atoms with van der Waals surface area (Å²) in [5, 5.41) is 4.89. The molecule has 0 bridgehead atoms. The topological polar surface area (TPSA) is 59.9 Å². The fraction of sp³-hybridized carbons (Fsp3) is 0.222. The lowest BCUT2D eigenvalue weighted by Crippen LogP contribution is -2.18. The van der Waals surface area contributed by atoms with Crippen LogP contribution >= 0.6 is 23.2 Å². The van der Waals surface area contributed by atoms with Crippen molar-refractivity contribution in [3.05, 3.63) is 57.6 Å². The molecule has 1 N–H and O–H groups in total. The number of hydrazone groups is 1. The van der Waals surface area contributed by atoms with E-state index >= 15 is 0 Å². The first-order valence-electron chi connectivity index (χ1n) is 7.54. The summed E-state index contributed by atoms with van der Waals surface area (Å²) in [6.07, 6.45) is 1.45. The second-order valence-corrected chi connectivity index (χ2v) is 6.24.